The van der Waals surface area contributed by atoms with Gasteiger partial charge in [-0.05, 0) is 0 Å². The Morgan fingerprint density at radius 2 is 1.57 bits per heavy atom. The molecule has 1 heterocycles. The second-order valence-corrected chi connectivity index (χ2v) is 4.22. The molecule has 0 aromatic carbocycles. The molecule has 14 heavy (non-hydrogen) atoms. The molecule has 1 aromatic rings. The van der Waals surface area contributed by atoms with Crippen molar-refractivity contribution in [1.82, 2.24) is 15.0 Å². The van der Waals surface area contributed by atoms with E-state index in [9.17, 15) is 0 Å². The average Bonchev–Trinajstić information content (AvgIpc) is 2.24. The van der Waals surface area contributed by atoms with Crippen molar-refractivity contribution in [1.29, 1.82) is 0 Å². The summed E-state index contributed by atoms with van der Waals surface area (Å²) in [6.07, 6.45) is 5.18. The maximum absolute atomic E-state index is 4.26. The third-order valence-corrected chi connectivity index (χ3v) is 2.90. The van der Waals surface area contributed by atoms with Gasteiger partial charge in [0.2, 0.25) is 0 Å². The van der Waals surface area contributed by atoms with Gasteiger partial charge in [0, 0.05) is 11.5 Å². The quantitative estimate of drug-likeness (QED) is 0.549. The van der Waals surface area contributed by atoms with E-state index in [1.54, 1.807) is 23.5 Å². The molecular formula is C9H11N3S2. The Labute approximate surface area is 92.1 Å². The van der Waals surface area contributed by atoms with E-state index in [0.717, 1.165) is 21.8 Å². The Kier molecular flexibility index (Phi) is 5.32. The molecule has 0 aliphatic heterocycles. The van der Waals surface area contributed by atoms with Crippen LogP contribution in [0.25, 0.3) is 0 Å². The number of hydrogen-bond donors (Lipinski definition) is 0. The van der Waals surface area contributed by atoms with Crippen LogP contribution in [0.15, 0.2) is 42.0 Å². The van der Waals surface area contributed by atoms with Crippen molar-refractivity contribution in [3.05, 3.63) is 31.6 Å². The van der Waals surface area contributed by atoms with Gasteiger partial charge in [-0.15, -0.1) is 13.2 Å². The molecule has 1 aromatic heterocycles. The Hall–Kier alpha value is -0.810. The second-order valence-electron chi connectivity index (χ2n) is 2.25. The van der Waals surface area contributed by atoms with Gasteiger partial charge in [-0.2, -0.15) is 4.98 Å². The van der Waals surface area contributed by atoms with E-state index in [4.69, 9.17) is 0 Å². The third kappa shape index (κ3) is 3.93. The number of hydrogen-bond acceptors (Lipinski definition) is 5. The van der Waals surface area contributed by atoms with Gasteiger partial charge in [-0.25, -0.2) is 9.97 Å². The van der Waals surface area contributed by atoms with Crippen molar-refractivity contribution in [2.45, 2.75) is 10.3 Å². The molecule has 0 spiro atoms. The summed E-state index contributed by atoms with van der Waals surface area (Å²) in [6.45, 7) is 7.27. The maximum atomic E-state index is 4.26. The lowest BCUT2D eigenvalue weighted by atomic mass is 10.8. The molecule has 0 saturated carbocycles. The Morgan fingerprint density at radius 3 is 2.00 bits per heavy atom. The summed E-state index contributed by atoms with van der Waals surface area (Å²) in [6, 6.07) is 0. The summed E-state index contributed by atoms with van der Waals surface area (Å²) in [5.74, 6) is 1.63. The Bertz CT molecular complexity index is 287. The first-order chi connectivity index (χ1) is 6.86. The Morgan fingerprint density at radius 1 is 1.07 bits per heavy atom. The van der Waals surface area contributed by atoms with E-state index < -0.39 is 0 Å². The highest BCUT2D eigenvalue weighted by atomic mass is 32.2. The lowest BCUT2D eigenvalue weighted by Crippen LogP contribution is -1.92. The first-order valence-corrected chi connectivity index (χ1v) is 6.00. The van der Waals surface area contributed by atoms with E-state index in [-0.39, 0.29) is 0 Å². The van der Waals surface area contributed by atoms with Gasteiger partial charge in [0.15, 0.2) is 10.3 Å². The van der Waals surface area contributed by atoms with Gasteiger partial charge >= 0.3 is 0 Å². The van der Waals surface area contributed by atoms with Crippen LogP contribution in [0.5, 0.6) is 0 Å². The summed E-state index contributed by atoms with van der Waals surface area (Å²) in [7, 11) is 0. The summed E-state index contributed by atoms with van der Waals surface area (Å²) in [5.41, 5.74) is 0. The van der Waals surface area contributed by atoms with Crippen molar-refractivity contribution in [2.24, 2.45) is 0 Å². The lowest BCUT2D eigenvalue weighted by molar-refractivity contribution is 0.801. The van der Waals surface area contributed by atoms with Crippen LogP contribution in [-0.4, -0.2) is 26.5 Å². The van der Waals surface area contributed by atoms with Crippen molar-refractivity contribution < 1.29 is 0 Å². The number of nitrogens with zero attached hydrogens (tertiary/aromatic N) is 3. The van der Waals surface area contributed by atoms with Crippen molar-refractivity contribution >= 4 is 23.5 Å². The fourth-order valence-corrected chi connectivity index (χ4v) is 1.81. The highest BCUT2D eigenvalue weighted by molar-refractivity contribution is 7.99. The summed E-state index contributed by atoms with van der Waals surface area (Å²) in [5, 5.41) is 1.48. The minimum atomic E-state index is 0.742. The van der Waals surface area contributed by atoms with Crippen LogP contribution in [0.1, 0.15) is 0 Å². The lowest BCUT2D eigenvalue weighted by Gasteiger charge is -1.98. The minimum Gasteiger partial charge on any atom is -0.211 e. The molecule has 0 radical (unpaired) electrons. The molecule has 0 bridgehead atoms. The second kappa shape index (κ2) is 6.62. The molecule has 0 amide bonds. The normalized spacial score (nSPS) is 9.71. The van der Waals surface area contributed by atoms with Crippen LogP contribution in [-0.2, 0) is 0 Å². The summed E-state index contributed by atoms with van der Waals surface area (Å²) >= 11 is 3.10. The van der Waals surface area contributed by atoms with E-state index >= 15 is 0 Å². The SMILES string of the molecule is C=CCSc1ncnc(SCC=C)n1. The predicted molar refractivity (Wildman–Crippen MR) is 61.7 cm³/mol. The first-order valence-electron chi connectivity index (χ1n) is 4.03. The minimum absolute atomic E-state index is 0.742. The molecular weight excluding hydrogens is 214 g/mol. The van der Waals surface area contributed by atoms with E-state index in [1.165, 1.54) is 6.33 Å². The molecule has 1 rings (SSSR count). The van der Waals surface area contributed by atoms with Gasteiger partial charge in [-0.1, -0.05) is 35.7 Å². The largest absolute Gasteiger partial charge is 0.211 e. The molecule has 74 valence electrons. The van der Waals surface area contributed by atoms with Gasteiger partial charge in [0.05, 0.1) is 0 Å². The highest BCUT2D eigenvalue weighted by Crippen LogP contribution is 2.16. The molecule has 0 fully saturated rings. The molecule has 0 atom stereocenters. The molecule has 0 aliphatic rings. The van der Waals surface area contributed by atoms with Gasteiger partial charge in [0.1, 0.15) is 6.33 Å². The summed E-state index contributed by atoms with van der Waals surface area (Å²) in [4.78, 5) is 12.3. The van der Waals surface area contributed by atoms with Crippen molar-refractivity contribution in [2.75, 3.05) is 11.5 Å². The molecule has 0 aliphatic carbocycles. The molecule has 3 nitrogen and oxygen atoms in total. The van der Waals surface area contributed by atoms with Crippen LogP contribution in [0.4, 0.5) is 0 Å². The van der Waals surface area contributed by atoms with Crippen LogP contribution >= 0.6 is 23.5 Å². The molecule has 0 unspecified atom stereocenters. The monoisotopic (exact) mass is 225 g/mol. The van der Waals surface area contributed by atoms with Gasteiger partial charge < -0.3 is 0 Å². The predicted octanol–water partition coefficient (Wildman–Crippen LogP) is 2.43. The molecule has 0 N–H and O–H groups in total. The van der Waals surface area contributed by atoms with E-state index in [1.807, 2.05) is 12.2 Å². The maximum Gasteiger partial charge on any atom is 0.191 e. The Balaban J connectivity index is 2.58. The molecule has 0 saturated heterocycles. The van der Waals surface area contributed by atoms with Crippen LogP contribution in [0.3, 0.4) is 0 Å². The topological polar surface area (TPSA) is 38.7 Å². The smallest absolute Gasteiger partial charge is 0.191 e. The number of rotatable bonds is 6. The van der Waals surface area contributed by atoms with Crippen LogP contribution < -0.4 is 0 Å². The fourth-order valence-electron chi connectivity index (χ4n) is 0.673. The summed E-state index contributed by atoms with van der Waals surface area (Å²) < 4.78 is 0. The van der Waals surface area contributed by atoms with Crippen LogP contribution in [0, 0.1) is 0 Å². The van der Waals surface area contributed by atoms with E-state index in [0.29, 0.717) is 0 Å². The fraction of sp³-hybridized carbons (Fsp3) is 0.222. The first kappa shape index (κ1) is 11.3. The zero-order valence-corrected chi connectivity index (χ0v) is 9.35. The number of aromatic nitrogens is 3. The van der Waals surface area contributed by atoms with Gasteiger partial charge in [-0.3, -0.25) is 0 Å². The average molecular weight is 225 g/mol. The zero-order chi connectivity index (χ0) is 10.2. The third-order valence-electron chi connectivity index (χ3n) is 1.19. The standard InChI is InChI=1S/C9H11N3S2/c1-3-5-13-8-10-7-11-9(12-8)14-6-4-2/h3-4,7H,1-2,5-6H2. The van der Waals surface area contributed by atoms with Gasteiger partial charge in [0.25, 0.3) is 0 Å². The molecule has 5 heteroatoms. The number of thioether (sulfide) groups is 2. The van der Waals surface area contributed by atoms with Crippen molar-refractivity contribution in [3.8, 4) is 0 Å². The van der Waals surface area contributed by atoms with E-state index in [2.05, 4.69) is 28.1 Å². The van der Waals surface area contributed by atoms with Crippen LogP contribution in [0.2, 0.25) is 0 Å². The van der Waals surface area contributed by atoms with Crippen molar-refractivity contribution in [3.63, 3.8) is 0 Å². The highest BCUT2D eigenvalue weighted by Gasteiger charge is 1.99. The zero-order valence-electron chi connectivity index (χ0n) is 7.72.